The summed E-state index contributed by atoms with van der Waals surface area (Å²) < 4.78 is 33.3. The normalized spacial score (nSPS) is 12.9. The van der Waals surface area contributed by atoms with Gasteiger partial charge in [-0.25, -0.2) is 8.42 Å². The second-order valence-electron chi connectivity index (χ2n) is 5.87. The van der Waals surface area contributed by atoms with Crippen molar-refractivity contribution in [3.63, 3.8) is 0 Å². The summed E-state index contributed by atoms with van der Waals surface area (Å²) in [6, 6.07) is 7.31. The molecule has 2 aromatic rings. The van der Waals surface area contributed by atoms with E-state index in [1.165, 1.54) is 38.3 Å². The molecule has 2 aromatic carbocycles. The molecule has 3 rings (SSSR count). The Morgan fingerprint density at radius 1 is 1.26 bits per heavy atom. The molecule has 0 bridgehead atoms. The summed E-state index contributed by atoms with van der Waals surface area (Å²) in [5, 5.41) is 5.16. The molecule has 0 saturated carbocycles. The molecule has 1 aliphatic rings. The second kappa shape index (κ2) is 7.09. The smallest absolute Gasteiger partial charge is 0.263 e. The predicted molar refractivity (Wildman–Crippen MR) is 102 cm³/mol. The number of sulfonamides is 1. The molecule has 27 heavy (non-hydrogen) atoms. The lowest BCUT2D eigenvalue weighted by Gasteiger charge is -2.15. The molecule has 0 saturated heterocycles. The van der Waals surface area contributed by atoms with E-state index < -0.39 is 10.0 Å². The molecule has 1 aliphatic heterocycles. The summed E-state index contributed by atoms with van der Waals surface area (Å²) in [6.45, 7) is 1.34. The van der Waals surface area contributed by atoms with Crippen LogP contribution in [0.2, 0.25) is 5.02 Å². The number of methoxy groups -OCH3 is 1. The Hall–Kier alpha value is -2.78. The lowest BCUT2D eigenvalue weighted by atomic mass is 10.2. The van der Waals surface area contributed by atoms with Gasteiger partial charge in [-0.1, -0.05) is 11.6 Å². The van der Waals surface area contributed by atoms with Crippen molar-refractivity contribution < 1.29 is 22.7 Å². The summed E-state index contributed by atoms with van der Waals surface area (Å²) in [4.78, 5) is 22.6. The Morgan fingerprint density at radius 3 is 2.67 bits per heavy atom. The van der Waals surface area contributed by atoms with Gasteiger partial charge in [0.1, 0.15) is 10.6 Å². The van der Waals surface area contributed by atoms with Gasteiger partial charge >= 0.3 is 0 Å². The molecule has 0 unspecified atom stereocenters. The third-order valence-corrected chi connectivity index (χ3v) is 5.67. The zero-order chi connectivity index (χ0) is 19.8. The molecule has 2 amide bonds. The third-order valence-electron chi connectivity index (χ3n) is 3.84. The van der Waals surface area contributed by atoms with E-state index in [-0.39, 0.29) is 39.6 Å². The SMILES string of the molecule is COc1ccc(NC(C)=O)cc1NS(=O)(=O)c1cc2c(cc1Cl)NC(=O)C2. The van der Waals surface area contributed by atoms with Gasteiger partial charge in [0.15, 0.2) is 0 Å². The van der Waals surface area contributed by atoms with Crippen LogP contribution < -0.4 is 20.1 Å². The van der Waals surface area contributed by atoms with Crippen molar-refractivity contribution in [2.45, 2.75) is 18.2 Å². The third kappa shape index (κ3) is 3.99. The summed E-state index contributed by atoms with van der Waals surface area (Å²) in [5.74, 6) is -0.261. The number of rotatable bonds is 5. The Kier molecular flexibility index (Phi) is 4.99. The maximum Gasteiger partial charge on any atom is 0.263 e. The Labute approximate surface area is 160 Å². The van der Waals surface area contributed by atoms with Crippen molar-refractivity contribution in [3.8, 4) is 5.75 Å². The number of nitrogens with one attached hydrogen (secondary N) is 3. The summed E-state index contributed by atoms with van der Waals surface area (Å²) >= 11 is 6.12. The van der Waals surface area contributed by atoms with E-state index >= 15 is 0 Å². The Morgan fingerprint density at radius 2 is 2.00 bits per heavy atom. The zero-order valence-corrected chi connectivity index (χ0v) is 16.0. The van der Waals surface area contributed by atoms with Crippen LogP contribution in [0.25, 0.3) is 0 Å². The van der Waals surface area contributed by atoms with Crippen molar-refractivity contribution in [1.82, 2.24) is 0 Å². The van der Waals surface area contributed by atoms with Crippen LogP contribution in [0.3, 0.4) is 0 Å². The van der Waals surface area contributed by atoms with Crippen LogP contribution in [-0.2, 0) is 26.0 Å². The van der Waals surface area contributed by atoms with Gasteiger partial charge in [0.25, 0.3) is 10.0 Å². The first-order valence-corrected chi connectivity index (χ1v) is 9.66. The first-order valence-electron chi connectivity index (χ1n) is 7.80. The van der Waals surface area contributed by atoms with E-state index in [2.05, 4.69) is 15.4 Å². The molecular formula is C17H16ClN3O5S. The van der Waals surface area contributed by atoms with Crippen LogP contribution in [0.15, 0.2) is 35.2 Å². The minimum atomic E-state index is -4.07. The molecule has 0 atom stereocenters. The minimum absolute atomic E-state index is 0.0274. The molecule has 142 valence electrons. The van der Waals surface area contributed by atoms with Crippen molar-refractivity contribution >= 4 is 50.5 Å². The fourth-order valence-corrected chi connectivity index (χ4v) is 4.34. The maximum absolute atomic E-state index is 12.9. The van der Waals surface area contributed by atoms with E-state index in [9.17, 15) is 18.0 Å². The van der Waals surface area contributed by atoms with Crippen LogP contribution >= 0.6 is 11.6 Å². The largest absolute Gasteiger partial charge is 0.495 e. The number of carbonyl (C=O) groups excluding carboxylic acids is 2. The Balaban J connectivity index is 1.99. The fraction of sp³-hybridized carbons (Fsp3) is 0.176. The highest BCUT2D eigenvalue weighted by Gasteiger charge is 2.26. The molecule has 10 heteroatoms. The van der Waals surface area contributed by atoms with E-state index in [1.54, 1.807) is 6.07 Å². The standard InChI is InChI=1S/C17H16ClN3O5S/c1-9(22)19-11-3-4-15(26-2)14(7-11)21-27(24,25)16-5-10-6-17(23)20-13(10)8-12(16)18/h3-5,7-8,21H,6H2,1-2H3,(H,19,22)(H,20,23). The number of hydrogen-bond acceptors (Lipinski definition) is 5. The van der Waals surface area contributed by atoms with Crippen molar-refractivity contribution in [3.05, 3.63) is 40.9 Å². The van der Waals surface area contributed by atoms with E-state index in [0.717, 1.165) is 0 Å². The molecule has 3 N–H and O–H groups in total. The highest BCUT2D eigenvalue weighted by atomic mass is 35.5. The van der Waals surface area contributed by atoms with Gasteiger partial charge in [-0.2, -0.15) is 0 Å². The van der Waals surface area contributed by atoms with Gasteiger partial charge in [-0.05, 0) is 35.9 Å². The number of fused-ring (bicyclic) bond motifs is 1. The quantitative estimate of drug-likeness (QED) is 0.702. The van der Waals surface area contributed by atoms with Crippen molar-refractivity contribution in [1.29, 1.82) is 0 Å². The average molecular weight is 410 g/mol. The molecule has 0 fully saturated rings. The zero-order valence-electron chi connectivity index (χ0n) is 14.4. The lowest BCUT2D eigenvalue weighted by Crippen LogP contribution is -2.15. The van der Waals surface area contributed by atoms with Crippen molar-refractivity contribution in [2.75, 3.05) is 22.5 Å². The first kappa shape index (κ1) is 19.0. The number of ether oxygens (including phenoxy) is 1. The topological polar surface area (TPSA) is 114 Å². The van der Waals surface area contributed by atoms with Crippen molar-refractivity contribution in [2.24, 2.45) is 0 Å². The summed E-state index contributed by atoms with van der Waals surface area (Å²) in [5.41, 5.74) is 1.57. The van der Waals surface area contributed by atoms with Crippen LogP contribution in [0.4, 0.5) is 17.1 Å². The van der Waals surface area contributed by atoms with E-state index in [0.29, 0.717) is 16.9 Å². The minimum Gasteiger partial charge on any atom is -0.495 e. The van der Waals surface area contributed by atoms with E-state index in [1.807, 2.05) is 0 Å². The predicted octanol–water partition coefficient (Wildman–Crippen LogP) is 2.60. The highest BCUT2D eigenvalue weighted by molar-refractivity contribution is 7.92. The fourth-order valence-electron chi connectivity index (χ4n) is 2.70. The second-order valence-corrected chi connectivity index (χ2v) is 7.92. The number of carbonyl (C=O) groups is 2. The maximum atomic E-state index is 12.9. The number of benzene rings is 2. The molecular weight excluding hydrogens is 394 g/mol. The van der Waals surface area contributed by atoms with Gasteiger partial charge in [0.2, 0.25) is 11.8 Å². The molecule has 0 aliphatic carbocycles. The number of amides is 2. The Bertz CT molecular complexity index is 1050. The monoisotopic (exact) mass is 409 g/mol. The van der Waals surface area contributed by atoms with Crippen LogP contribution in [-0.4, -0.2) is 27.3 Å². The van der Waals surface area contributed by atoms with Gasteiger partial charge in [-0.3, -0.25) is 14.3 Å². The molecule has 0 radical (unpaired) electrons. The van der Waals surface area contributed by atoms with E-state index in [4.69, 9.17) is 16.3 Å². The van der Waals surface area contributed by atoms with Gasteiger partial charge < -0.3 is 15.4 Å². The molecule has 8 nitrogen and oxygen atoms in total. The van der Waals surface area contributed by atoms with Crippen LogP contribution in [0.5, 0.6) is 5.75 Å². The first-order chi connectivity index (χ1) is 12.7. The number of halogens is 1. The van der Waals surface area contributed by atoms with Gasteiger partial charge in [0.05, 0.1) is 24.2 Å². The number of anilines is 3. The van der Waals surface area contributed by atoms with Crippen LogP contribution in [0, 0.1) is 0 Å². The van der Waals surface area contributed by atoms with Crippen LogP contribution in [0.1, 0.15) is 12.5 Å². The number of hydrogen-bond donors (Lipinski definition) is 3. The van der Waals surface area contributed by atoms with Gasteiger partial charge in [-0.15, -0.1) is 0 Å². The highest BCUT2D eigenvalue weighted by Crippen LogP contribution is 2.35. The summed E-state index contributed by atoms with van der Waals surface area (Å²) in [6.07, 6.45) is 0.0797. The molecule has 0 aromatic heterocycles. The average Bonchev–Trinajstić information content (AvgIpc) is 2.92. The molecule has 0 spiro atoms. The summed E-state index contributed by atoms with van der Waals surface area (Å²) in [7, 11) is -2.68. The lowest BCUT2D eigenvalue weighted by molar-refractivity contribution is -0.115. The molecule has 1 heterocycles. The van der Waals surface area contributed by atoms with Gasteiger partial charge in [0, 0.05) is 18.3 Å².